The average molecular weight is 380 g/mol. The van der Waals surface area contributed by atoms with E-state index in [1.54, 1.807) is 4.90 Å². The highest BCUT2D eigenvalue weighted by atomic mass is 16.2. The number of H-pyrrole nitrogens is 1. The van der Waals surface area contributed by atoms with Gasteiger partial charge in [0.05, 0.1) is 0 Å². The number of rotatable bonds is 3. The van der Waals surface area contributed by atoms with E-state index in [2.05, 4.69) is 14.9 Å². The Morgan fingerprint density at radius 2 is 1.86 bits per heavy atom. The number of nitrogens with one attached hydrogen (secondary N) is 1. The zero-order valence-electron chi connectivity index (χ0n) is 16.5. The molecule has 2 fully saturated rings. The summed E-state index contributed by atoms with van der Waals surface area (Å²) in [5, 5.41) is 0. The van der Waals surface area contributed by atoms with Gasteiger partial charge in [0.25, 0.3) is 11.5 Å². The van der Waals surface area contributed by atoms with Crippen molar-refractivity contribution in [2.45, 2.75) is 45.1 Å². The lowest BCUT2D eigenvalue weighted by molar-refractivity contribution is 0.0521. The van der Waals surface area contributed by atoms with E-state index >= 15 is 0 Å². The Kier molecular flexibility index (Phi) is 5.57. The van der Waals surface area contributed by atoms with Crippen LogP contribution in [0.15, 0.2) is 35.3 Å². The minimum atomic E-state index is -0.369. The number of hydrogen-bond acceptors (Lipinski definition) is 4. The number of aryl methyl sites for hydroxylation is 1. The quantitative estimate of drug-likeness (QED) is 0.889. The van der Waals surface area contributed by atoms with Crippen molar-refractivity contribution >= 4 is 5.91 Å². The molecule has 2 aliphatic rings. The standard InChI is InChI=1S/C22H28N4O2/c1-16-6-5-7-17(14-16)20-23-15-19(21(27)24-20)22(28)26-12-10-25(11-13-26)18-8-3-2-4-9-18/h5-7,14-15,18H,2-4,8-13H2,1H3,(H,23,24,27). The van der Waals surface area contributed by atoms with Crippen molar-refractivity contribution < 1.29 is 4.79 Å². The lowest BCUT2D eigenvalue weighted by atomic mass is 9.94. The van der Waals surface area contributed by atoms with E-state index in [0.29, 0.717) is 25.0 Å². The second-order valence-electron chi connectivity index (χ2n) is 7.96. The lowest BCUT2D eigenvalue weighted by Crippen LogP contribution is -2.52. The Bertz CT molecular complexity index is 893. The number of amides is 1. The molecule has 1 saturated carbocycles. The van der Waals surface area contributed by atoms with Gasteiger partial charge in [0, 0.05) is 44.0 Å². The summed E-state index contributed by atoms with van der Waals surface area (Å²) in [5.74, 6) is 0.278. The van der Waals surface area contributed by atoms with Crippen molar-refractivity contribution in [2.75, 3.05) is 26.2 Å². The molecule has 2 aromatic rings. The molecule has 28 heavy (non-hydrogen) atoms. The van der Waals surface area contributed by atoms with Crippen molar-refractivity contribution in [1.29, 1.82) is 0 Å². The van der Waals surface area contributed by atoms with E-state index in [4.69, 9.17) is 0 Å². The molecule has 1 amide bonds. The van der Waals surface area contributed by atoms with Gasteiger partial charge in [0.1, 0.15) is 11.4 Å². The molecular weight excluding hydrogens is 352 g/mol. The first-order chi connectivity index (χ1) is 13.6. The number of piperazine rings is 1. The second-order valence-corrected chi connectivity index (χ2v) is 7.96. The van der Waals surface area contributed by atoms with Crippen LogP contribution in [-0.2, 0) is 0 Å². The zero-order valence-corrected chi connectivity index (χ0v) is 16.5. The molecule has 148 valence electrons. The number of carbonyl (C=O) groups is 1. The summed E-state index contributed by atoms with van der Waals surface area (Å²) in [6.07, 6.45) is 7.96. The number of carbonyl (C=O) groups excluding carboxylic acids is 1. The first-order valence-electron chi connectivity index (χ1n) is 10.3. The summed E-state index contributed by atoms with van der Waals surface area (Å²) in [5.41, 5.74) is 1.70. The SMILES string of the molecule is Cc1cccc(-c2ncc(C(=O)N3CCN(C4CCCCC4)CC3)c(=O)[nH]2)c1. The predicted molar refractivity (Wildman–Crippen MR) is 109 cm³/mol. The fourth-order valence-corrected chi connectivity index (χ4v) is 4.39. The summed E-state index contributed by atoms with van der Waals surface area (Å²) in [4.78, 5) is 36.8. The molecule has 1 saturated heterocycles. The molecule has 0 atom stereocenters. The van der Waals surface area contributed by atoms with E-state index in [0.717, 1.165) is 24.2 Å². The minimum Gasteiger partial charge on any atom is -0.336 e. The number of benzene rings is 1. The molecule has 0 unspecified atom stereocenters. The van der Waals surface area contributed by atoms with Gasteiger partial charge < -0.3 is 9.88 Å². The van der Waals surface area contributed by atoms with Gasteiger partial charge in [0.2, 0.25) is 0 Å². The third-order valence-corrected chi connectivity index (χ3v) is 6.01. The van der Waals surface area contributed by atoms with Crippen LogP contribution < -0.4 is 5.56 Å². The second kappa shape index (κ2) is 8.27. The topological polar surface area (TPSA) is 69.3 Å². The molecular formula is C22H28N4O2. The Morgan fingerprint density at radius 3 is 2.54 bits per heavy atom. The fraction of sp³-hybridized carbons (Fsp3) is 0.500. The van der Waals surface area contributed by atoms with E-state index in [1.165, 1.54) is 38.3 Å². The summed E-state index contributed by atoms with van der Waals surface area (Å²) < 4.78 is 0. The molecule has 6 heteroatoms. The Balaban J connectivity index is 1.43. The first kappa shape index (κ1) is 18.9. The summed E-state index contributed by atoms with van der Waals surface area (Å²) in [6, 6.07) is 8.45. The van der Waals surface area contributed by atoms with Gasteiger partial charge in [-0.05, 0) is 25.8 Å². The smallest absolute Gasteiger partial charge is 0.264 e. The first-order valence-corrected chi connectivity index (χ1v) is 10.3. The van der Waals surface area contributed by atoms with Crippen molar-refractivity contribution in [1.82, 2.24) is 19.8 Å². The van der Waals surface area contributed by atoms with Gasteiger partial charge in [-0.2, -0.15) is 0 Å². The molecule has 1 aromatic carbocycles. The predicted octanol–water partition coefficient (Wildman–Crippen LogP) is 2.84. The van der Waals surface area contributed by atoms with Crippen LogP contribution in [0.4, 0.5) is 0 Å². The van der Waals surface area contributed by atoms with Crippen LogP contribution in [0.25, 0.3) is 11.4 Å². The van der Waals surface area contributed by atoms with E-state index in [1.807, 2.05) is 31.2 Å². The van der Waals surface area contributed by atoms with Crippen LogP contribution in [0.3, 0.4) is 0 Å². The summed E-state index contributed by atoms with van der Waals surface area (Å²) in [6.45, 7) is 5.13. The third-order valence-electron chi connectivity index (χ3n) is 6.01. The monoisotopic (exact) mass is 380 g/mol. The molecule has 0 spiro atoms. The number of aromatic amines is 1. The fourth-order valence-electron chi connectivity index (χ4n) is 4.39. The number of aromatic nitrogens is 2. The van der Waals surface area contributed by atoms with Crippen molar-refractivity contribution in [2.24, 2.45) is 0 Å². The van der Waals surface area contributed by atoms with Crippen LogP contribution in [0, 0.1) is 6.92 Å². The van der Waals surface area contributed by atoms with E-state index in [9.17, 15) is 9.59 Å². The van der Waals surface area contributed by atoms with Crippen LogP contribution >= 0.6 is 0 Å². The molecule has 0 bridgehead atoms. The minimum absolute atomic E-state index is 0.127. The molecule has 4 rings (SSSR count). The van der Waals surface area contributed by atoms with Gasteiger partial charge in [-0.25, -0.2) is 4.98 Å². The summed E-state index contributed by atoms with van der Waals surface area (Å²) in [7, 11) is 0. The van der Waals surface area contributed by atoms with Gasteiger partial charge in [-0.1, -0.05) is 43.0 Å². The maximum Gasteiger partial charge on any atom is 0.264 e. The van der Waals surface area contributed by atoms with Gasteiger partial charge in [0.15, 0.2) is 0 Å². The highest BCUT2D eigenvalue weighted by molar-refractivity contribution is 5.93. The van der Waals surface area contributed by atoms with Gasteiger partial charge in [-0.3, -0.25) is 14.5 Å². The van der Waals surface area contributed by atoms with Crippen LogP contribution in [0.2, 0.25) is 0 Å². The Hall–Kier alpha value is -2.47. The molecule has 6 nitrogen and oxygen atoms in total. The highest BCUT2D eigenvalue weighted by Crippen LogP contribution is 2.23. The van der Waals surface area contributed by atoms with E-state index < -0.39 is 0 Å². The molecule has 2 heterocycles. The van der Waals surface area contributed by atoms with Crippen molar-refractivity contribution in [3.63, 3.8) is 0 Å². The maximum absolute atomic E-state index is 12.9. The van der Waals surface area contributed by atoms with Gasteiger partial charge in [-0.15, -0.1) is 0 Å². The van der Waals surface area contributed by atoms with Crippen molar-refractivity contribution in [3.8, 4) is 11.4 Å². The van der Waals surface area contributed by atoms with Crippen LogP contribution in [0.5, 0.6) is 0 Å². The van der Waals surface area contributed by atoms with Crippen LogP contribution in [0.1, 0.15) is 48.0 Å². The Labute approximate surface area is 165 Å². The van der Waals surface area contributed by atoms with Crippen LogP contribution in [-0.4, -0.2) is 57.9 Å². The Morgan fingerprint density at radius 1 is 1.11 bits per heavy atom. The molecule has 1 aliphatic heterocycles. The molecule has 0 radical (unpaired) electrons. The zero-order chi connectivity index (χ0) is 19.5. The average Bonchev–Trinajstić information content (AvgIpc) is 2.74. The highest BCUT2D eigenvalue weighted by Gasteiger charge is 2.28. The molecule has 1 N–H and O–H groups in total. The molecule has 1 aromatic heterocycles. The molecule has 1 aliphatic carbocycles. The largest absolute Gasteiger partial charge is 0.336 e. The van der Waals surface area contributed by atoms with Gasteiger partial charge >= 0.3 is 0 Å². The third kappa shape index (κ3) is 4.02. The summed E-state index contributed by atoms with van der Waals surface area (Å²) >= 11 is 0. The van der Waals surface area contributed by atoms with Crippen molar-refractivity contribution in [3.05, 3.63) is 51.9 Å². The number of hydrogen-bond donors (Lipinski definition) is 1. The maximum atomic E-state index is 12.9. The lowest BCUT2D eigenvalue weighted by Gasteiger charge is -2.40. The van der Waals surface area contributed by atoms with E-state index in [-0.39, 0.29) is 17.0 Å². The normalized spacial score (nSPS) is 19.0. The number of nitrogens with zero attached hydrogens (tertiary/aromatic N) is 3.